The molecule has 2 aromatic carbocycles. The van der Waals surface area contributed by atoms with E-state index in [-0.39, 0.29) is 0 Å². The van der Waals surface area contributed by atoms with Crippen LogP contribution in [0.4, 0.5) is 0 Å². The minimum absolute atomic E-state index is 0.960. The van der Waals surface area contributed by atoms with E-state index in [0.29, 0.717) is 0 Å². The molecule has 0 aromatic heterocycles. The smallest absolute Gasteiger partial charge is 0.127 e. The van der Waals surface area contributed by atoms with Crippen LogP contribution in [0.2, 0.25) is 0 Å². The zero-order chi connectivity index (χ0) is 9.12. The maximum Gasteiger partial charge on any atom is 0.127 e. The second kappa shape index (κ2) is 2.01. The molecule has 1 heteroatoms. The van der Waals surface area contributed by atoms with Gasteiger partial charge in [-0.1, -0.05) is 12.1 Å². The first-order chi connectivity index (χ1) is 6.90. The van der Waals surface area contributed by atoms with E-state index in [1.807, 2.05) is 12.1 Å². The van der Waals surface area contributed by atoms with Crippen LogP contribution < -0.4 is 4.74 Å². The van der Waals surface area contributed by atoms with Crippen LogP contribution in [0.25, 0.3) is 11.1 Å². The topological polar surface area (TPSA) is 9.23 Å². The summed E-state index contributed by atoms with van der Waals surface area (Å²) in [5, 5.41) is 0. The highest BCUT2D eigenvalue weighted by atomic mass is 16.5. The van der Waals surface area contributed by atoms with Crippen molar-refractivity contribution in [2.75, 3.05) is 0 Å². The molecule has 4 bridgehead atoms. The van der Waals surface area contributed by atoms with Crippen molar-refractivity contribution in [3.8, 4) is 22.6 Å². The fourth-order valence-corrected chi connectivity index (χ4v) is 2.43. The highest BCUT2D eigenvalue weighted by Gasteiger charge is 2.21. The quantitative estimate of drug-likeness (QED) is 0.403. The van der Waals surface area contributed by atoms with Crippen molar-refractivity contribution in [3.63, 3.8) is 0 Å². The zero-order valence-corrected chi connectivity index (χ0v) is 7.58. The molecule has 1 nitrogen and oxygen atoms in total. The fourth-order valence-electron chi connectivity index (χ4n) is 2.43. The standard InChI is InChI=1S/C13H8O/c1-3-12-8-5-9-7-11(2-4-13(9)12)14-10(1)6-8/h1-4,6-7H,5H2. The summed E-state index contributed by atoms with van der Waals surface area (Å²) in [6.07, 6.45) is 1.07. The normalized spacial score (nSPS) is 14.0. The number of hydrogen-bond donors (Lipinski definition) is 0. The predicted molar refractivity (Wildman–Crippen MR) is 54.8 cm³/mol. The lowest BCUT2D eigenvalue weighted by atomic mass is 10.1. The van der Waals surface area contributed by atoms with Gasteiger partial charge in [0.05, 0.1) is 0 Å². The van der Waals surface area contributed by atoms with Crippen molar-refractivity contribution in [1.82, 2.24) is 0 Å². The Morgan fingerprint density at radius 1 is 0.786 bits per heavy atom. The molecule has 0 saturated carbocycles. The van der Waals surface area contributed by atoms with Crippen molar-refractivity contribution >= 4 is 0 Å². The summed E-state index contributed by atoms with van der Waals surface area (Å²) in [4.78, 5) is 0. The van der Waals surface area contributed by atoms with Crippen molar-refractivity contribution in [1.29, 1.82) is 0 Å². The molecular formula is C13H8O. The lowest BCUT2D eigenvalue weighted by Gasteiger charge is -2.08. The second-order valence-electron chi connectivity index (χ2n) is 3.92. The van der Waals surface area contributed by atoms with E-state index in [1.165, 1.54) is 22.3 Å². The summed E-state index contributed by atoms with van der Waals surface area (Å²) in [7, 11) is 0. The van der Waals surface area contributed by atoms with E-state index >= 15 is 0 Å². The first-order valence-corrected chi connectivity index (χ1v) is 4.84. The SMILES string of the molecule is c1cc2c3cc1Oc1ccc-2c(c1)C3. The first-order valence-electron chi connectivity index (χ1n) is 4.84. The molecule has 1 aliphatic heterocycles. The number of rotatable bonds is 0. The third kappa shape index (κ3) is 0.666. The number of ether oxygens (including phenoxy) is 1. The summed E-state index contributed by atoms with van der Waals surface area (Å²) in [6, 6.07) is 12.7. The van der Waals surface area contributed by atoms with Gasteiger partial charge in [0.15, 0.2) is 0 Å². The second-order valence-corrected chi connectivity index (χ2v) is 3.92. The van der Waals surface area contributed by atoms with Crippen LogP contribution in [-0.2, 0) is 6.42 Å². The highest BCUT2D eigenvalue weighted by molar-refractivity contribution is 5.78. The van der Waals surface area contributed by atoms with Gasteiger partial charge in [-0.2, -0.15) is 0 Å². The molecule has 1 aliphatic carbocycles. The van der Waals surface area contributed by atoms with Gasteiger partial charge < -0.3 is 4.74 Å². The lowest BCUT2D eigenvalue weighted by Crippen LogP contribution is -1.89. The zero-order valence-electron chi connectivity index (χ0n) is 7.58. The van der Waals surface area contributed by atoms with Gasteiger partial charge in [-0.25, -0.2) is 0 Å². The lowest BCUT2D eigenvalue weighted by molar-refractivity contribution is 0.481. The van der Waals surface area contributed by atoms with Gasteiger partial charge in [0.2, 0.25) is 0 Å². The third-order valence-corrected chi connectivity index (χ3v) is 3.06. The molecule has 0 saturated heterocycles. The van der Waals surface area contributed by atoms with Gasteiger partial charge in [-0.15, -0.1) is 0 Å². The molecule has 66 valence electrons. The van der Waals surface area contributed by atoms with E-state index in [0.717, 1.165) is 17.9 Å². The molecule has 1 heterocycles. The Hall–Kier alpha value is -1.76. The van der Waals surface area contributed by atoms with E-state index in [4.69, 9.17) is 4.74 Å². The van der Waals surface area contributed by atoms with E-state index in [2.05, 4.69) is 24.3 Å². The van der Waals surface area contributed by atoms with Crippen LogP contribution >= 0.6 is 0 Å². The van der Waals surface area contributed by atoms with Gasteiger partial charge in [-0.05, 0) is 52.9 Å². The average Bonchev–Trinajstić information content (AvgIpc) is 2.59. The van der Waals surface area contributed by atoms with E-state index < -0.39 is 0 Å². The summed E-state index contributed by atoms with van der Waals surface area (Å²) in [5.74, 6) is 1.92. The van der Waals surface area contributed by atoms with Gasteiger partial charge in [0.25, 0.3) is 0 Å². The van der Waals surface area contributed by atoms with Crippen LogP contribution in [0.3, 0.4) is 0 Å². The molecule has 0 N–H and O–H groups in total. The molecule has 14 heavy (non-hydrogen) atoms. The van der Waals surface area contributed by atoms with Gasteiger partial charge in [0.1, 0.15) is 11.5 Å². The summed E-state index contributed by atoms with van der Waals surface area (Å²) >= 11 is 0. The van der Waals surface area contributed by atoms with Crippen LogP contribution in [0.1, 0.15) is 11.1 Å². The third-order valence-electron chi connectivity index (χ3n) is 3.06. The molecule has 4 rings (SSSR count). The summed E-state index contributed by atoms with van der Waals surface area (Å²) in [6.45, 7) is 0. The van der Waals surface area contributed by atoms with Crippen molar-refractivity contribution in [3.05, 3.63) is 47.5 Å². The van der Waals surface area contributed by atoms with Crippen LogP contribution in [-0.4, -0.2) is 0 Å². The van der Waals surface area contributed by atoms with Crippen LogP contribution in [0.5, 0.6) is 11.5 Å². The Bertz CT molecular complexity index is 506. The van der Waals surface area contributed by atoms with Crippen molar-refractivity contribution in [2.24, 2.45) is 0 Å². The molecule has 0 spiro atoms. The van der Waals surface area contributed by atoms with Crippen molar-refractivity contribution < 1.29 is 4.74 Å². The Morgan fingerprint density at radius 2 is 1.36 bits per heavy atom. The first kappa shape index (κ1) is 6.66. The number of benzene rings is 2. The summed E-state index contributed by atoms with van der Waals surface area (Å²) < 4.78 is 5.73. The monoisotopic (exact) mass is 180 g/mol. The fraction of sp³-hybridized carbons (Fsp3) is 0.0769. The molecule has 2 aromatic rings. The number of fused-ring (bicyclic) bond motifs is 3. The molecule has 0 radical (unpaired) electrons. The van der Waals surface area contributed by atoms with E-state index in [1.54, 1.807) is 0 Å². The molecule has 2 aliphatic rings. The Balaban J connectivity index is 2.26. The highest BCUT2D eigenvalue weighted by Crippen LogP contribution is 2.42. The minimum atomic E-state index is 0.960. The van der Waals surface area contributed by atoms with Gasteiger partial charge in [-0.3, -0.25) is 0 Å². The molecule has 0 atom stereocenters. The largest absolute Gasteiger partial charge is 0.457 e. The van der Waals surface area contributed by atoms with Gasteiger partial charge in [0, 0.05) is 0 Å². The maximum atomic E-state index is 5.73. The number of hydrogen-bond acceptors (Lipinski definition) is 1. The Labute approximate surface area is 82.0 Å². The van der Waals surface area contributed by atoms with Crippen LogP contribution in [0, 0.1) is 0 Å². The molecular weight excluding hydrogens is 172 g/mol. The minimum Gasteiger partial charge on any atom is -0.457 e. The Kier molecular flexibility index (Phi) is 0.954. The molecule has 0 unspecified atom stereocenters. The van der Waals surface area contributed by atoms with Crippen molar-refractivity contribution in [2.45, 2.75) is 6.42 Å². The Morgan fingerprint density at radius 3 is 1.93 bits per heavy atom. The van der Waals surface area contributed by atoms with Crippen LogP contribution in [0.15, 0.2) is 36.4 Å². The maximum absolute atomic E-state index is 5.73. The molecule has 0 amide bonds. The van der Waals surface area contributed by atoms with Gasteiger partial charge >= 0.3 is 0 Å². The van der Waals surface area contributed by atoms with E-state index in [9.17, 15) is 0 Å². The predicted octanol–water partition coefficient (Wildman–Crippen LogP) is 3.36. The average molecular weight is 180 g/mol. The summed E-state index contributed by atoms with van der Waals surface area (Å²) in [5.41, 5.74) is 5.55. The molecule has 0 fully saturated rings.